The summed E-state index contributed by atoms with van der Waals surface area (Å²) in [6.45, 7) is 7.48. The Kier molecular flexibility index (Phi) is 6.59. The van der Waals surface area contributed by atoms with Gasteiger partial charge in [0.15, 0.2) is 0 Å². The second-order valence-electron chi connectivity index (χ2n) is 6.48. The molecule has 0 aromatic carbocycles. The number of rotatable bonds is 8. The van der Waals surface area contributed by atoms with Crippen LogP contribution in [0.1, 0.15) is 47.0 Å². The average Bonchev–Trinajstić information content (AvgIpc) is 2.79. The van der Waals surface area contributed by atoms with E-state index in [-0.39, 0.29) is 18.2 Å². The van der Waals surface area contributed by atoms with Gasteiger partial charge in [0.2, 0.25) is 15.9 Å². The molecule has 0 bridgehead atoms. The summed E-state index contributed by atoms with van der Waals surface area (Å²) in [6, 6.07) is -0.789. The van der Waals surface area contributed by atoms with Gasteiger partial charge in [-0.15, -0.1) is 0 Å². The van der Waals surface area contributed by atoms with Gasteiger partial charge in [0, 0.05) is 13.1 Å². The quantitative estimate of drug-likeness (QED) is 0.682. The number of aliphatic carboxylic acids is 1. The van der Waals surface area contributed by atoms with E-state index in [0.717, 1.165) is 0 Å². The van der Waals surface area contributed by atoms with E-state index >= 15 is 0 Å². The number of hydrogen-bond donors (Lipinski definition) is 2. The van der Waals surface area contributed by atoms with Crippen molar-refractivity contribution in [2.75, 3.05) is 18.8 Å². The van der Waals surface area contributed by atoms with Crippen molar-refractivity contribution in [2.45, 2.75) is 53.0 Å². The molecule has 8 heteroatoms. The van der Waals surface area contributed by atoms with Gasteiger partial charge in [0.05, 0.1) is 11.2 Å². The van der Waals surface area contributed by atoms with Crippen LogP contribution in [-0.4, -0.2) is 54.6 Å². The molecular weight excluding hydrogens is 320 g/mol. The van der Waals surface area contributed by atoms with Crippen molar-refractivity contribution in [1.82, 2.24) is 9.62 Å². The number of carboxylic acid groups (broad SMARTS) is 1. The lowest BCUT2D eigenvalue weighted by atomic mass is 9.82. The highest BCUT2D eigenvalue weighted by Crippen LogP contribution is 2.27. The summed E-state index contributed by atoms with van der Waals surface area (Å²) in [5.74, 6) is -1.49. The number of carbonyl (C=O) groups is 2. The van der Waals surface area contributed by atoms with Crippen LogP contribution >= 0.6 is 0 Å². The summed E-state index contributed by atoms with van der Waals surface area (Å²) in [6.07, 6.45) is 1.31. The average molecular weight is 348 g/mol. The first-order valence-corrected chi connectivity index (χ1v) is 9.73. The van der Waals surface area contributed by atoms with E-state index in [9.17, 15) is 23.1 Å². The minimum atomic E-state index is -3.40. The third kappa shape index (κ3) is 4.23. The van der Waals surface area contributed by atoms with Crippen molar-refractivity contribution < 1.29 is 23.1 Å². The summed E-state index contributed by atoms with van der Waals surface area (Å²) in [7, 11) is -3.40. The fraction of sp³-hybridized carbons (Fsp3) is 0.867. The molecule has 1 atom stereocenters. The maximum atomic E-state index is 12.6. The largest absolute Gasteiger partial charge is 0.481 e. The van der Waals surface area contributed by atoms with Crippen molar-refractivity contribution in [3.05, 3.63) is 0 Å². The number of amides is 1. The van der Waals surface area contributed by atoms with Crippen LogP contribution in [0.2, 0.25) is 0 Å². The zero-order valence-electron chi connectivity index (χ0n) is 14.3. The molecule has 1 saturated heterocycles. The van der Waals surface area contributed by atoms with Gasteiger partial charge in [0.25, 0.3) is 0 Å². The molecule has 0 radical (unpaired) electrons. The van der Waals surface area contributed by atoms with E-state index in [1.165, 1.54) is 4.31 Å². The number of sulfonamides is 1. The van der Waals surface area contributed by atoms with Crippen LogP contribution in [0.4, 0.5) is 0 Å². The Morgan fingerprint density at radius 2 is 1.83 bits per heavy atom. The smallest absolute Gasteiger partial charge is 0.311 e. The first kappa shape index (κ1) is 19.9. The molecule has 7 nitrogen and oxygen atoms in total. The standard InChI is InChI=1S/C15H28N2O5S/c1-5-15(6-2,14(19)20)10-16-13(18)12(11(3)4)17-8-7-9-23(17,21)22/h11-12H,5-10H2,1-4H3,(H,16,18)(H,19,20). The fourth-order valence-corrected chi connectivity index (χ4v) is 4.80. The van der Waals surface area contributed by atoms with Crippen LogP contribution in [0, 0.1) is 11.3 Å². The van der Waals surface area contributed by atoms with Gasteiger partial charge in [-0.25, -0.2) is 8.42 Å². The summed E-state index contributed by atoms with van der Waals surface area (Å²) in [4.78, 5) is 24.1. The summed E-state index contributed by atoms with van der Waals surface area (Å²) in [5.41, 5.74) is -1.01. The Morgan fingerprint density at radius 1 is 1.26 bits per heavy atom. The van der Waals surface area contributed by atoms with Crippen molar-refractivity contribution in [3.63, 3.8) is 0 Å². The van der Waals surface area contributed by atoms with E-state index in [4.69, 9.17) is 0 Å². The minimum Gasteiger partial charge on any atom is -0.481 e. The van der Waals surface area contributed by atoms with E-state index in [2.05, 4.69) is 5.32 Å². The molecule has 0 saturated carbocycles. The summed E-state index contributed by atoms with van der Waals surface area (Å²) >= 11 is 0. The number of carboxylic acids is 1. The first-order valence-electron chi connectivity index (χ1n) is 8.12. The molecule has 1 aliphatic rings. The van der Waals surface area contributed by atoms with Gasteiger partial charge in [-0.1, -0.05) is 27.7 Å². The van der Waals surface area contributed by atoms with E-state index in [1.807, 2.05) is 0 Å². The molecule has 1 heterocycles. The number of hydrogen-bond acceptors (Lipinski definition) is 4. The molecule has 0 aromatic heterocycles. The first-order chi connectivity index (χ1) is 10.6. The third-order valence-corrected chi connectivity index (χ3v) is 6.69. The van der Waals surface area contributed by atoms with Crippen molar-refractivity contribution in [3.8, 4) is 0 Å². The summed E-state index contributed by atoms with van der Waals surface area (Å²) in [5, 5.41) is 12.1. The van der Waals surface area contributed by atoms with E-state index < -0.39 is 33.4 Å². The Hall–Kier alpha value is -1.15. The lowest BCUT2D eigenvalue weighted by molar-refractivity contribution is -0.149. The lowest BCUT2D eigenvalue weighted by Gasteiger charge is -2.31. The monoisotopic (exact) mass is 348 g/mol. The van der Waals surface area contributed by atoms with E-state index in [0.29, 0.717) is 25.8 Å². The van der Waals surface area contributed by atoms with Gasteiger partial charge in [-0.2, -0.15) is 4.31 Å². The Balaban J connectivity index is 2.90. The van der Waals surface area contributed by atoms with Gasteiger partial charge < -0.3 is 10.4 Å². The number of nitrogens with zero attached hydrogens (tertiary/aromatic N) is 1. The van der Waals surface area contributed by atoms with Crippen LogP contribution in [0.3, 0.4) is 0 Å². The molecule has 0 aromatic rings. The molecule has 23 heavy (non-hydrogen) atoms. The molecule has 1 aliphatic heterocycles. The van der Waals surface area contributed by atoms with Crippen LogP contribution < -0.4 is 5.32 Å². The van der Waals surface area contributed by atoms with Gasteiger partial charge in [-0.3, -0.25) is 9.59 Å². The Morgan fingerprint density at radius 3 is 2.17 bits per heavy atom. The predicted molar refractivity (Wildman–Crippen MR) is 87.4 cm³/mol. The molecule has 1 rings (SSSR count). The number of carbonyl (C=O) groups excluding carboxylic acids is 1. The molecule has 1 amide bonds. The molecule has 0 spiro atoms. The second kappa shape index (κ2) is 7.61. The van der Waals surface area contributed by atoms with Crippen molar-refractivity contribution in [1.29, 1.82) is 0 Å². The highest BCUT2D eigenvalue weighted by Gasteiger charge is 2.41. The fourth-order valence-electron chi connectivity index (χ4n) is 2.98. The molecule has 0 aliphatic carbocycles. The predicted octanol–water partition coefficient (Wildman–Crippen LogP) is 1.05. The van der Waals surface area contributed by atoms with Crippen molar-refractivity contribution >= 4 is 21.9 Å². The zero-order chi connectivity index (χ0) is 17.8. The summed E-state index contributed by atoms with van der Waals surface area (Å²) < 4.78 is 25.4. The van der Waals surface area contributed by atoms with E-state index in [1.54, 1.807) is 27.7 Å². The Bertz CT molecular complexity index is 540. The highest BCUT2D eigenvalue weighted by molar-refractivity contribution is 7.89. The molecular formula is C15H28N2O5S. The maximum absolute atomic E-state index is 12.6. The molecule has 1 unspecified atom stereocenters. The van der Waals surface area contributed by atoms with Crippen LogP contribution in [-0.2, 0) is 19.6 Å². The van der Waals surface area contributed by atoms with Crippen LogP contribution in [0.25, 0.3) is 0 Å². The molecule has 2 N–H and O–H groups in total. The molecule has 1 fully saturated rings. The van der Waals surface area contributed by atoms with Gasteiger partial charge in [0.1, 0.15) is 6.04 Å². The lowest BCUT2D eigenvalue weighted by Crippen LogP contribution is -2.53. The number of nitrogens with one attached hydrogen (secondary N) is 1. The Labute approximate surface area is 138 Å². The van der Waals surface area contributed by atoms with Crippen molar-refractivity contribution in [2.24, 2.45) is 11.3 Å². The topological polar surface area (TPSA) is 104 Å². The molecule has 134 valence electrons. The maximum Gasteiger partial charge on any atom is 0.311 e. The second-order valence-corrected chi connectivity index (χ2v) is 8.52. The normalized spacial score (nSPS) is 19.7. The zero-order valence-corrected chi connectivity index (χ0v) is 15.1. The van der Waals surface area contributed by atoms with Gasteiger partial charge in [-0.05, 0) is 25.2 Å². The highest BCUT2D eigenvalue weighted by atomic mass is 32.2. The third-order valence-electron chi connectivity index (χ3n) is 4.76. The SMILES string of the molecule is CCC(CC)(CNC(=O)C(C(C)C)N1CCCS1(=O)=O)C(=O)O. The van der Waals surface area contributed by atoms with Gasteiger partial charge >= 0.3 is 5.97 Å². The van der Waals surface area contributed by atoms with Crippen LogP contribution in [0.5, 0.6) is 0 Å². The minimum absolute atomic E-state index is 0.00523. The van der Waals surface area contributed by atoms with Crippen LogP contribution in [0.15, 0.2) is 0 Å².